The smallest absolute Gasteiger partial charge is 0.356 e. The molecule has 2 aromatic heterocycles. The van der Waals surface area contributed by atoms with Gasteiger partial charge in [-0.3, -0.25) is 4.98 Å². The SMILES string of the molecule is Cc1cn(-c2cccc3ncccc23)nc1C(=O)O. The van der Waals surface area contributed by atoms with Crippen LogP contribution in [0.1, 0.15) is 16.1 Å². The van der Waals surface area contributed by atoms with Crippen LogP contribution < -0.4 is 0 Å². The molecule has 0 radical (unpaired) electrons. The van der Waals surface area contributed by atoms with Crippen LogP contribution in [0.4, 0.5) is 0 Å². The lowest BCUT2D eigenvalue weighted by atomic mass is 10.2. The Morgan fingerprint density at radius 3 is 2.84 bits per heavy atom. The molecule has 0 fully saturated rings. The molecule has 5 nitrogen and oxygen atoms in total. The Balaban J connectivity index is 2.25. The normalized spacial score (nSPS) is 10.8. The molecule has 0 saturated carbocycles. The average Bonchev–Trinajstić information content (AvgIpc) is 2.80. The van der Waals surface area contributed by atoms with Gasteiger partial charge in [0.25, 0.3) is 0 Å². The van der Waals surface area contributed by atoms with Crippen LogP contribution in [0.2, 0.25) is 0 Å². The van der Waals surface area contributed by atoms with E-state index in [2.05, 4.69) is 10.1 Å². The summed E-state index contributed by atoms with van der Waals surface area (Å²) in [5.41, 5.74) is 2.38. The van der Waals surface area contributed by atoms with Gasteiger partial charge in [-0.2, -0.15) is 5.10 Å². The summed E-state index contributed by atoms with van der Waals surface area (Å²) in [6.45, 7) is 1.73. The third-order valence-electron chi connectivity index (χ3n) is 2.97. The molecule has 19 heavy (non-hydrogen) atoms. The number of aromatic nitrogens is 3. The zero-order valence-electron chi connectivity index (χ0n) is 10.2. The number of aromatic carboxylic acids is 1. The molecule has 0 bridgehead atoms. The third-order valence-corrected chi connectivity index (χ3v) is 2.97. The van der Waals surface area contributed by atoms with Gasteiger partial charge in [-0.1, -0.05) is 6.07 Å². The molecule has 2 heterocycles. The lowest BCUT2D eigenvalue weighted by Gasteiger charge is -2.05. The number of carbonyl (C=O) groups is 1. The Morgan fingerprint density at radius 1 is 1.26 bits per heavy atom. The van der Waals surface area contributed by atoms with Crippen LogP contribution in [-0.2, 0) is 0 Å². The van der Waals surface area contributed by atoms with Gasteiger partial charge in [0.2, 0.25) is 0 Å². The summed E-state index contributed by atoms with van der Waals surface area (Å²) in [6.07, 6.45) is 3.44. The lowest BCUT2D eigenvalue weighted by molar-refractivity contribution is 0.0689. The minimum Gasteiger partial charge on any atom is -0.476 e. The molecule has 0 saturated heterocycles. The fourth-order valence-electron chi connectivity index (χ4n) is 2.08. The van der Waals surface area contributed by atoms with E-state index in [4.69, 9.17) is 5.11 Å². The quantitative estimate of drug-likeness (QED) is 0.761. The lowest BCUT2D eigenvalue weighted by Crippen LogP contribution is -2.02. The van der Waals surface area contributed by atoms with Crippen LogP contribution >= 0.6 is 0 Å². The molecule has 0 aliphatic carbocycles. The van der Waals surface area contributed by atoms with Gasteiger partial charge < -0.3 is 5.11 Å². The minimum absolute atomic E-state index is 0.0703. The highest BCUT2D eigenvalue weighted by Gasteiger charge is 2.14. The number of hydrogen-bond acceptors (Lipinski definition) is 3. The summed E-state index contributed by atoms with van der Waals surface area (Å²) < 4.78 is 1.59. The summed E-state index contributed by atoms with van der Waals surface area (Å²) in [4.78, 5) is 15.3. The topological polar surface area (TPSA) is 68.0 Å². The number of pyridine rings is 1. The van der Waals surface area contributed by atoms with Crippen LogP contribution in [0.3, 0.4) is 0 Å². The molecule has 0 atom stereocenters. The highest BCUT2D eigenvalue weighted by atomic mass is 16.4. The van der Waals surface area contributed by atoms with E-state index in [-0.39, 0.29) is 5.69 Å². The molecule has 5 heteroatoms. The standard InChI is InChI=1S/C14H11N3O2/c1-9-8-17(16-13(9)14(18)19)12-6-2-5-11-10(12)4-3-7-15-11/h2-8H,1H3,(H,18,19). The highest BCUT2D eigenvalue weighted by molar-refractivity contribution is 5.89. The van der Waals surface area contributed by atoms with Gasteiger partial charge >= 0.3 is 5.97 Å². The molecule has 1 aromatic carbocycles. The van der Waals surface area contributed by atoms with Crippen LogP contribution in [-0.4, -0.2) is 25.8 Å². The van der Waals surface area contributed by atoms with E-state index >= 15 is 0 Å². The van der Waals surface area contributed by atoms with Gasteiger partial charge in [-0.15, -0.1) is 0 Å². The predicted molar refractivity (Wildman–Crippen MR) is 70.6 cm³/mol. The van der Waals surface area contributed by atoms with Crippen molar-refractivity contribution in [2.45, 2.75) is 6.92 Å². The van der Waals surface area contributed by atoms with Crippen molar-refractivity contribution in [1.29, 1.82) is 0 Å². The molecule has 94 valence electrons. The molecule has 1 N–H and O–H groups in total. The number of fused-ring (bicyclic) bond motifs is 1. The van der Waals surface area contributed by atoms with Crippen molar-refractivity contribution in [3.63, 3.8) is 0 Å². The Kier molecular flexibility index (Phi) is 2.52. The van der Waals surface area contributed by atoms with Crippen LogP contribution in [0.5, 0.6) is 0 Å². The molecule has 3 aromatic rings. The van der Waals surface area contributed by atoms with E-state index in [0.717, 1.165) is 16.6 Å². The van der Waals surface area contributed by atoms with E-state index in [0.29, 0.717) is 5.56 Å². The Hall–Kier alpha value is -2.69. The number of aryl methyl sites for hydroxylation is 1. The molecule has 0 amide bonds. The maximum atomic E-state index is 11.0. The molecule has 0 aliphatic heterocycles. The van der Waals surface area contributed by atoms with E-state index in [1.165, 1.54) is 0 Å². The second-order valence-electron chi connectivity index (χ2n) is 4.26. The van der Waals surface area contributed by atoms with Gasteiger partial charge in [0.15, 0.2) is 5.69 Å². The van der Waals surface area contributed by atoms with E-state index in [1.54, 1.807) is 24.0 Å². The monoisotopic (exact) mass is 253 g/mol. The van der Waals surface area contributed by atoms with Crippen molar-refractivity contribution in [2.75, 3.05) is 0 Å². The van der Waals surface area contributed by atoms with E-state index in [9.17, 15) is 4.79 Å². The van der Waals surface area contributed by atoms with Crippen molar-refractivity contribution in [3.05, 3.63) is 54.0 Å². The minimum atomic E-state index is -1.02. The molecular weight excluding hydrogens is 242 g/mol. The van der Waals surface area contributed by atoms with E-state index in [1.807, 2.05) is 30.3 Å². The average molecular weight is 253 g/mol. The van der Waals surface area contributed by atoms with Gasteiger partial charge in [0, 0.05) is 23.3 Å². The summed E-state index contributed by atoms with van der Waals surface area (Å²) in [5.74, 6) is -1.02. The van der Waals surface area contributed by atoms with Crippen molar-refractivity contribution >= 4 is 16.9 Å². The first-order valence-corrected chi connectivity index (χ1v) is 5.80. The number of hydrogen-bond donors (Lipinski definition) is 1. The molecule has 0 aliphatic rings. The van der Waals surface area contributed by atoms with Crippen molar-refractivity contribution in [1.82, 2.24) is 14.8 Å². The number of benzene rings is 1. The summed E-state index contributed by atoms with van der Waals surface area (Å²) in [7, 11) is 0. The fourth-order valence-corrected chi connectivity index (χ4v) is 2.08. The van der Waals surface area contributed by atoms with Gasteiger partial charge in [0.1, 0.15) is 0 Å². The second kappa shape index (κ2) is 4.20. The van der Waals surface area contributed by atoms with Crippen LogP contribution in [0.25, 0.3) is 16.6 Å². The van der Waals surface area contributed by atoms with Crippen LogP contribution in [0, 0.1) is 6.92 Å². The summed E-state index contributed by atoms with van der Waals surface area (Å²) in [6, 6.07) is 9.47. The van der Waals surface area contributed by atoms with Gasteiger partial charge in [-0.25, -0.2) is 9.48 Å². The first-order chi connectivity index (χ1) is 9.16. The zero-order valence-corrected chi connectivity index (χ0v) is 10.2. The molecule has 3 rings (SSSR count). The fraction of sp³-hybridized carbons (Fsp3) is 0.0714. The largest absolute Gasteiger partial charge is 0.476 e. The summed E-state index contributed by atoms with van der Waals surface area (Å²) in [5, 5.41) is 14.1. The van der Waals surface area contributed by atoms with Crippen molar-refractivity contribution < 1.29 is 9.90 Å². The molecule has 0 spiro atoms. The second-order valence-corrected chi connectivity index (χ2v) is 4.26. The number of rotatable bonds is 2. The molecule has 0 unspecified atom stereocenters. The van der Waals surface area contributed by atoms with Gasteiger partial charge in [0.05, 0.1) is 11.2 Å². The predicted octanol–water partition coefficient (Wildman–Crippen LogP) is 2.43. The first-order valence-electron chi connectivity index (χ1n) is 5.80. The first kappa shape index (κ1) is 11.4. The maximum Gasteiger partial charge on any atom is 0.356 e. The number of nitrogens with zero attached hydrogens (tertiary/aromatic N) is 3. The van der Waals surface area contributed by atoms with Crippen LogP contribution in [0.15, 0.2) is 42.7 Å². The van der Waals surface area contributed by atoms with E-state index < -0.39 is 5.97 Å². The van der Waals surface area contributed by atoms with Crippen molar-refractivity contribution in [2.24, 2.45) is 0 Å². The molecular formula is C14H11N3O2. The summed E-state index contributed by atoms with van der Waals surface area (Å²) >= 11 is 0. The number of carboxylic acid groups (broad SMARTS) is 1. The third kappa shape index (κ3) is 1.85. The Morgan fingerprint density at radius 2 is 2.11 bits per heavy atom. The maximum absolute atomic E-state index is 11.0. The highest BCUT2D eigenvalue weighted by Crippen LogP contribution is 2.21. The Bertz CT molecular complexity index is 772. The number of carboxylic acids is 1. The van der Waals surface area contributed by atoms with Crippen molar-refractivity contribution in [3.8, 4) is 5.69 Å². The van der Waals surface area contributed by atoms with Gasteiger partial charge in [-0.05, 0) is 31.2 Å². The Labute approximate surface area is 109 Å². The zero-order chi connectivity index (χ0) is 13.4.